The van der Waals surface area contributed by atoms with Gasteiger partial charge in [0.2, 0.25) is 5.95 Å². The van der Waals surface area contributed by atoms with Gasteiger partial charge in [0.25, 0.3) is 5.91 Å². The number of aromatic nitrogens is 2. The van der Waals surface area contributed by atoms with E-state index in [0.29, 0.717) is 24.7 Å². The van der Waals surface area contributed by atoms with Crippen LogP contribution in [0.2, 0.25) is 0 Å². The Morgan fingerprint density at radius 3 is 2.29 bits per heavy atom. The Morgan fingerprint density at radius 2 is 1.71 bits per heavy atom. The summed E-state index contributed by atoms with van der Waals surface area (Å²) in [5, 5.41) is 3.25. The maximum Gasteiger partial charge on any atom is 0.272 e. The minimum atomic E-state index is -0.169. The summed E-state index contributed by atoms with van der Waals surface area (Å²) in [5.74, 6) is 1.29. The number of ether oxygens (including phenoxy) is 1. The predicted molar refractivity (Wildman–Crippen MR) is 111 cm³/mol. The van der Waals surface area contributed by atoms with E-state index in [4.69, 9.17) is 4.74 Å². The Morgan fingerprint density at radius 1 is 1.07 bits per heavy atom. The van der Waals surface area contributed by atoms with E-state index in [1.807, 2.05) is 44.7 Å². The second-order valence-corrected chi connectivity index (χ2v) is 8.07. The third-order valence-corrected chi connectivity index (χ3v) is 4.56. The van der Waals surface area contributed by atoms with Crippen LogP contribution in [0.3, 0.4) is 0 Å². The number of piperazine rings is 1. The van der Waals surface area contributed by atoms with Crippen molar-refractivity contribution in [2.45, 2.75) is 33.2 Å². The summed E-state index contributed by atoms with van der Waals surface area (Å²) in [6.07, 6.45) is 0. The van der Waals surface area contributed by atoms with Crippen molar-refractivity contribution in [1.29, 1.82) is 0 Å². The summed E-state index contributed by atoms with van der Waals surface area (Å²) in [6, 6.07) is 9.77. The molecule has 0 radical (unpaired) electrons. The zero-order valence-corrected chi connectivity index (χ0v) is 17.3. The Balaban J connectivity index is 1.66. The van der Waals surface area contributed by atoms with Crippen LogP contribution in [0.1, 0.15) is 37.0 Å². The Labute approximate surface area is 166 Å². The van der Waals surface area contributed by atoms with Crippen molar-refractivity contribution >= 4 is 17.5 Å². The van der Waals surface area contributed by atoms with Crippen molar-refractivity contribution in [3.63, 3.8) is 0 Å². The molecule has 1 N–H and O–H groups in total. The van der Waals surface area contributed by atoms with E-state index in [-0.39, 0.29) is 11.4 Å². The molecule has 1 aromatic carbocycles. The molecule has 7 nitrogen and oxygen atoms in total. The number of rotatable bonds is 4. The molecule has 1 amide bonds. The number of amides is 1. The van der Waals surface area contributed by atoms with E-state index in [0.717, 1.165) is 30.2 Å². The third-order valence-electron chi connectivity index (χ3n) is 4.56. The molecule has 2 aromatic rings. The predicted octanol–water partition coefficient (Wildman–Crippen LogP) is 2.97. The van der Waals surface area contributed by atoms with Crippen molar-refractivity contribution in [1.82, 2.24) is 14.9 Å². The molecule has 0 aliphatic carbocycles. The minimum absolute atomic E-state index is 0.0446. The van der Waals surface area contributed by atoms with Gasteiger partial charge >= 0.3 is 0 Å². The highest BCUT2D eigenvalue weighted by Crippen LogP contribution is 2.21. The monoisotopic (exact) mass is 383 g/mol. The lowest BCUT2D eigenvalue weighted by molar-refractivity contribution is 0.0740. The fraction of sp³-hybridized carbons (Fsp3) is 0.476. The molecule has 0 spiro atoms. The fourth-order valence-corrected chi connectivity index (χ4v) is 3.19. The van der Waals surface area contributed by atoms with Crippen molar-refractivity contribution in [3.05, 3.63) is 41.7 Å². The van der Waals surface area contributed by atoms with E-state index < -0.39 is 0 Å². The van der Waals surface area contributed by atoms with Crippen molar-refractivity contribution < 1.29 is 9.53 Å². The second kappa shape index (κ2) is 8.04. The molecule has 0 saturated carbocycles. The second-order valence-electron chi connectivity index (χ2n) is 8.07. The highest BCUT2D eigenvalue weighted by atomic mass is 16.5. The zero-order valence-electron chi connectivity index (χ0n) is 17.3. The minimum Gasteiger partial charge on any atom is -0.497 e. The molecule has 0 bridgehead atoms. The Kier molecular flexibility index (Phi) is 5.72. The number of nitrogens with zero attached hydrogens (tertiary/aromatic N) is 4. The van der Waals surface area contributed by atoms with Gasteiger partial charge in [-0.1, -0.05) is 0 Å². The van der Waals surface area contributed by atoms with Gasteiger partial charge in [-0.05, 0) is 58.0 Å². The van der Waals surface area contributed by atoms with Crippen molar-refractivity contribution in [3.8, 4) is 5.75 Å². The number of hydrogen-bond donors (Lipinski definition) is 1. The molecule has 2 heterocycles. The van der Waals surface area contributed by atoms with E-state index in [1.54, 1.807) is 13.2 Å². The van der Waals surface area contributed by atoms with Crippen LogP contribution in [0.5, 0.6) is 5.75 Å². The first-order valence-electron chi connectivity index (χ1n) is 9.57. The maximum atomic E-state index is 13.0. The number of carbonyl (C=O) groups is 1. The molecule has 1 aromatic heterocycles. The van der Waals surface area contributed by atoms with Gasteiger partial charge in [0.05, 0.1) is 7.11 Å². The Bertz CT molecular complexity index is 822. The van der Waals surface area contributed by atoms with Crippen LogP contribution < -0.4 is 15.0 Å². The number of benzene rings is 1. The number of anilines is 2. The number of nitrogens with one attached hydrogen (secondary N) is 1. The van der Waals surface area contributed by atoms with Crippen LogP contribution in [-0.4, -0.2) is 59.6 Å². The highest BCUT2D eigenvalue weighted by molar-refractivity contribution is 5.92. The van der Waals surface area contributed by atoms with Gasteiger partial charge in [-0.3, -0.25) is 4.79 Å². The summed E-state index contributed by atoms with van der Waals surface area (Å²) in [7, 11) is 1.66. The van der Waals surface area contributed by atoms with Gasteiger partial charge in [-0.25, -0.2) is 9.97 Å². The van der Waals surface area contributed by atoms with E-state index in [2.05, 4.69) is 32.3 Å². The maximum absolute atomic E-state index is 13.0. The molecule has 1 saturated heterocycles. The average molecular weight is 383 g/mol. The summed E-state index contributed by atoms with van der Waals surface area (Å²) in [4.78, 5) is 26.0. The molecule has 0 unspecified atom stereocenters. The molecule has 0 atom stereocenters. The van der Waals surface area contributed by atoms with Crippen LogP contribution in [0.4, 0.5) is 11.6 Å². The normalized spacial score (nSPS) is 14.8. The Hall–Kier alpha value is -2.83. The highest BCUT2D eigenvalue weighted by Gasteiger charge is 2.24. The average Bonchev–Trinajstić information content (AvgIpc) is 2.66. The van der Waals surface area contributed by atoms with Crippen LogP contribution in [-0.2, 0) is 0 Å². The molecule has 3 rings (SSSR count). The van der Waals surface area contributed by atoms with Gasteiger partial charge in [-0.2, -0.15) is 0 Å². The largest absolute Gasteiger partial charge is 0.497 e. The first-order valence-corrected chi connectivity index (χ1v) is 9.57. The van der Waals surface area contributed by atoms with Crippen LogP contribution in [0.25, 0.3) is 0 Å². The molecular formula is C21H29N5O2. The number of aryl methyl sites for hydroxylation is 1. The molecule has 1 fully saturated rings. The van der Waals surface area contributed by atoms with Gasteiger partial charge < -0.3 is 19.9 Å². The molecule has 28 heavy (non-hydrogen) atoms. The first kappa shape index (κ1) is 19.9. The summed E-state index contributed by atoms with van der Waals surface area (Å²) in [5.41, 5.74) is 2.19. The summed E-state index contributed by atoms with van der Waals surface area (Å²) < 4.78 is 5.21. The molecule has 1 aliphatic rings. The van der Waals surface area contributed by atoms with Crippen LogP contribution in [0, 0.1) is 6.92 Å². The first-order chi connectivity index (χ1) is 13.2. The van der Waals surface area contributed by atoms with E-state index >= 15 is 0 Å². The SMILES string of the molecule is COc1ccc(N2CCN(C(=O)c3cc(C)nc(NC(C)(C)C)n3)CC2)cc1. The topological polar surface area (TPSA) is 70.6 Å². The number of carbonyl (C=O) groups excluding carboxylic acids is 1. The quantitative estimate of drug-likeness (QED) is 0.875. The van der Waals surface area contributed by atoms with E-state index in [9.17, 15) is 4.79 Å². The fourth-order valence-electron chi connectivity index (χ4n) is 3.19. The molecule has 1 aliphatic heterocycles. The van der Waals surface area contributed by atoms with Crippen molar-refractivity contribution in [2.24, 2.45) is 0 Å². The summed E-state index contributed by atoms with van der Waals surface area (Å²) >= 11 is 0. The van der Waals surface area contributed by atoms with E-state index in [1.165, 1.54) is 0 Å². The molecular weight excluding hydrogens is 354 g/mol. The van der Waals surface area contributed by atoms with Crippen LogP contribution >= 0.6 is 0 Å². The van der Waals surface area contributed by atoms with Gasteiger partial charge in [-0.15, -0.1) is 0 Å². The summed E-state index contributed by atoms with van der Waals surface area (Å²) in [6.45, 7) is 10.9. The van der Waals surface area contributed by atoms with Gasteiger partial charge in [0.1, 0.15) is 11.4 Å². The van der Waals surface area contributed by atoms with Gasteiger partial charge in [0.15, 0.2) is 0 Å². The van der Waals surface area contributed by atoms with Crippen LogP contribution in [0.15, 0.2) is 30.3 Å². The smallest absolute Gasteiger partial charge is 0.272 e. The lowest BCUT2D eigenvalue weighted by Gasteiger charge is -2.36. The van der Waals surface area contributed by atoms with Crippen molar-refractivity contribution in [2.75, 3.05) is 43.5 Å². The standard InChI is InChI=1S/C21H29N5O2/c1-15-14-18(23-20(22-15)24-21(2,3)4)19(27)26-12-10-25(11-13-26)16-6-8-17(28-5)9-7-16/h6-9,14H,10-13H2,1-5H3,(H,22,23,24). The third kappa shape index (κ3) is 4.91. The number of hydrogen-bond acceptors (Lipinski definition) is 6. The number of methoxy groups -OCH3 is 1. The zero-order chi connectivity index (χ0) is 20.3. The molecule has 150 valence electrons. The molecule has 7 heteroatoms. The van der Waals surface area contributed by atoms with Gasteiger partial charge in [0, 0.05) is 43.1 Å². The lowest BCUT2D eigenvalue weighted by Crippen LogP contribution is -2.49. The lowest BCUT2D eigenvalue weighted by atomic mass is 10.1.